The summed E-state index contributed by atoms with van der Waals surface area (Å²) in [6.45, 7) is 0. The standard InChI is InChI=1S/C7H8N4O2S/c8-7-9-6(11-14-7)5(3-12)10-13-4-1-2-4/h3-4H,1-2H2,(H2,8,9,11)/b10-5+. The van der Waals surface area contributed by atoms with Crippen LogP contribution in [0.2, 0.25) is 0 Å². The van der Waals surface area contributed by atoms with E-state index in [1.165, 1.54) is 0 Å². The highest BCUT2D eigenvalue weighted by atomic mass is 32.1. The normalized spacial score (nSPS) is 16.7. The molecule has 74 valence electrons. The van der Waals surface area contributed by atoms with Gasteiger partial charge in [-0.15, -0.1) is 0 Å². The molecule has 0 saturated heterocycles. The highest BCUT2D eigenvalue weighted by molar-refractivity contribution is 7.09. The Labute approximate surface area is 83.9 Å². The summed E-state index contributed by atoms with van der Waals surface area (Å²) >= 11 is 1.02. The van der Waals surface area contributed by atoms with Crippen molar-refractivity contribution in [1.82, 2.24) is 9.36 Å². The van der Waals surface area contributed by atoms with Gasteiger partial charge in [0.05, 0.1) is 0 Å². The molecule has 1 aromatic rings. The molecule has 14 heavy (non-hydrogen) atoms. The first-order valence-corrected chi connectivity index (χ1v) is 4.85. The van der Waals surface area contributed by atoms with Crippen molar-refractivity contribution in [2.75, 3.05) is 5.73 Å². The Morgan fingerprint density at radius 1 is 1.71 bits per heavy atom. The molecule has 0 bridgehead atoms. The molecular weight excluding hydrogens is 204 g/mol. The molecule has 0 amide bonds. The molecule has 2 rings (SSSR count). The molecule has 0 spiro atoms. The fourth-order valence-electron chi connectivity index (χ4n) is 0.759. The smallest absolute Gasteiger partial charge is 0.200 e. The predicted molar refractivity (Wildman–Crippen MR) is 51.0 cm³/mol. The molecule has 6 nitrogen and oxygen atoms in total. The van der Waals surface area contributed by atoms with Gasteiger partial charge in [0.25, 0.3) is 0 Å². The molecular formula is C7H8N4O2S. The van der Waals surface area contributed by atoms with Gasteiger partial charge in [-0.3, -0.25) is 4.79 Å². The van der Waals surface area contributed by atoms with E-state index >= 15 is 0 Å². The Morgan fingerprint density at radius 3 is 3.00 bits per heavy atom. The van der Waals surface area contributed by atoms with Crippen LogP contribution in [0.4, 0.5) is 5.13 Å². The van der Waals surface area contributed by atoms with Crippen molar-refractivity contribution in [3.63, 3.8) is 0 Å². The third kappa shape index (κ3) is 2.05. The lowest BCUT2D eigenvalue weighted by molar-refractivity contribution is -0.102. The number of rotatable bonds is 4. The van der Waals surface area contributed by atoms with Crippen LogP contribution in [0.1, 0.15) is 18.7 Å². The number of oxime groups is 1. The maximum atomic E-state index is 10.6. The monoisotopic (exact) mass is 212 g/mol. The molecule has 0 unspecified atom stereocenters. The number of nitrogens with two attached hydrogens (primary N) is 1. The minimum Gasteiger partial charge on any atom is -0.392 e. The van der Waals surface area contributed by atoms with E-state index in [0.717, 1.165) is 24.4 Å². The lowest BCUT2D eigenvalue weighted by Gasteiger charge is -1.94. The fourth-order valence-corrected chi connectivity index (χ4v) is 1.20. The summed E-state index contributed by atoms with van der Waals surface area (Å²) in [7, 11) is 0. The summed E-state index contributed by atoms with van der Waals surface area (Å²) in [6.07, 6.45) is 2.69. The summed E-state index contributed by atoms with van der Waals surface area (Å²) in [6, 6.07) is 0. The first-order chi connectivity index (χ1) is 6.79. The van der Waals surface area contributed by atoms with Crippen LogP contribution in [0.5, 0.6) is 0 Å². The van der Waals surface area contributed by atoms with Crippen molar-refractivity contribution < 1.29 is 9.63 Å². The number of carbonyl (C=O) groups is 1. The minimum absolute atomic E-state index is 0.0878. The quantitative estimate of drug-likeness (QED) is 0.437. The van der Waals surface area contributed by atoms with Gasteiger partial charge in [-0.1, -0.05) is 5.16 Å². The second-order valence-corrected chi connectivity index (χ2v) is 3.64. The Kier molecular flexibility index (Phi) is 2.40. The van der Waals surface area contributed by atoms with Gasteiger partial charge in [0.2, 0.25) is 0 Å². The van der Waals surface area contributed by atoms with Crippen LogP contribution in [-0.4, -0.2) is 27.5 Å². The average molecular weight is 212 g/mol. The highest BCUT2D eigenvalue weighted by Crippen LogP contribution is 2.23. The molecule has 0 aromatic carbocycles. The molecule has 0 atom stereocenters. The zero-order valence-corrected chi connectivity index (χ0v) is 8.03. The second kappa shape index (κ2) is 3.70. The predicted octanol–water partition coefficient (Wildman–Crippen LogP) is 0.202. The number of hydrogen-bond donors (Lipinski definition) is 1. The van der Waals surface area contributed by atoms with E-state index in [1.54, 1.807) is 0 Å². The van der Waals surface area contributed by atoms with Gasteiger partial charge in [0.1, 0.15) is 6.10 Å². The van der Waals surface area contributed by atoms with Gasteiger partial charge in [0, 0.05) is 11.5 Å². The van der Waals surface area contributed by atoms with Crippen LogP contribution in [0.15, 0.2) is 5.16 Å². The Morgan fingerprint density at radius 2 is 2.50 bits per heavy atom. The van der Waals surface area contributed by atoms with Crippen molar-refractivity contribution in [2.45, 2.75) is 18.9 Å². The molecule has 1 heterocycles. The zero-order valence-electron chi connectivity index (χ0n) is 7.21. The first-order valence-electron chi connectivity index (χ1n) is 4.08. The Balaban J connectivity index is 2.10. The minimum atomic E-state index is 0.0878. The summed E-state index contributed by atoms with van der Waals surface area (Å²) in [5.41, 5.74) is 5.46. The summed E-state index contributed by atoms with van der Waals surface area (Å²) < 4.78 is 3.85. The topological polar surface area (TPSA) is 90.5 Å². The van der Waals surface area contributed by atoms with Crippen molar-refractivity contribution >= 4 is 28.7 Å². The van der Waals surface area contributed by atoms with Crippen LogP contribution >= 0.6 is 11.5 Å². The maximum absolute atomic E-state index is 10.6. The SMILES string of the molecule is Nc1nc(/C(C=O)=N/OC2CC2)ns1. The maximum Gasteiger partial charge on any atom is 0.200 e. The number of hydrogen-bond acceptors (Lipinski definition) is 7. The molecule has 1 fully saturated rings. The van der Waals surface area contributed by atoms with Gasteiger partial charge < -0.3 is 10.6 Å². The third-order valence-corrected chi connectivity index (χ3v) is 2.15. The van der Waals surface area contributed by atoms with Gasteiger partial charge in [0.15, 0.2) is 23.0 Å². The van der Waals surface area contributed by atoms with Crippen molar-refractivity contribution in [1.29, 1.82) is 0 Å². The average Bonchev–Trinajstić information content (AvgIpc) is 2.90. The third-order valence-electron chi connectivity index (χ3n) is 1.61. The molecule has 2 N–H and O–H groups in total. The highest BCUT2D eigenvalue weighted by Gasteiger charge is 2.24. The Hall–Kier alpha value is -1.50. The van der Waals surface area contributed by atoms with Gasteiger partial charge in [-0.25, -0.2) is 0 Å². The number of anilines is 1. The van der Waals surface area contributed by atoms with E-state index in [0.29, 0.717) is 11.4 Å². The van der Waals surface area contributed by atoms with Crippen LogP contribution in [-0.2, 0) is 9.63 Å². The van der Waals surface area contributed by atoms with Crippen molar-refractivity contribution in [3.05, 3.63) is 5.82 Å². The van der Waals surface area contributed by atoms with E-state index in [2.05, 4.69) is 14.5 Å². The molecule has 0 radical (unpaired) electrons. The number of aromatic nitrogens is 2. The molecule has 7 heteroatoms. The molecule has 1 aromatic heterocycles. The molecule has 1 aliphatic rings. The van der Waals surface area contributed by atoms with Crippen molar-refractivity contribution in [2.24, 2.45) is 5.16 Å². The summed E-state index contributed by atoms with van der Waals surface area (Å²) in [5.74, 6) is 0.225. The van der Waals surface area contributed by atoms with E-state index in [-0.39, 0.29) is 17.6 Å². The summed E-state index contributed by atoms with van der Waals surface area (Å²) in [4.78, 5) is 19.5. The number of carbonyl (C=O) groups excluding carboxylic acids is 1. The van der Waals surface area contributed by atoms with Gasteiger partial charge in [-0.05, 0) is 12.8 Å². The van der Waals surface area contributed by atoms with Crippen molar-refractivity contribution in [3.8, 4) is 0 Å². The fraction of sp³-hybridized carbons (Fsp3) is 0.429. The number of aldehydes is 1. The number of nitrogens with zero attached hydrogens (tertiary/aromatic N) is 3. The lowest BCUT2D eigenvalue weighted by atomic mass is 10.4. The van der Waals surface area contributed by atoms with E-state index in [9.17, 15) is 4.79 Å². The van der Waals surface area contributed by atoms with Crippen LogP contribution in [0.3, 0.4) is 0 Å². The number of nitrogen functional groups attached to an aromatic ring is 1. The van der Waals surface area contributed by atoms with Crippen LogP contribution in [0.25, 0.3) is 0 Å². The molecule has 1 aliphatic carbocycles. The van der Waals surface area contributed by atoms with Crippen LogP contribution < -0.4 is 5.73 Å². The Bertz CT molecular complexity index is 372. The first kappa shape index (κ1) is 9.07. The van der Waals surface area contributed by atoms with E-state index < -0.39 is 0 Å². The molecule has 0 aliphatic heterocycles. The summed E-state index contributed by atoms with van der Waals surface area (Å²) in [5, 5.41) is 3.97. The van der Waals surface area contributed by atoms with E-state index in [4.69, 9.17) is 10.6 Å². The van der Waals surface area contributed by atoms with E-state index in [1.807, 2.05) is 0 Å². The van der Waals surface area contributed by atoms with Gasteiger partial charge >= 0.3 is 0 Å². The lowest BCUT2D eigenvalue weighted by Crippen LogP contribution is -2.06. The second-order valence-electron chi connectivity index (χ2n) is 2.86. The molecule has 1 saturated carbocycles. The zero-order chi connectivity index (χ0) is 9.97. The largest absolute Gasteiger partial charge is 0.392 e. The van der Waals surface area contributed by atoms with Crippen LogP contribution in [0, 0.1) is 0 Å². The van der Waals surface area contributed by atoms with Gasteiger partial charge in [-0.2, -0.15) is 9.36 Å².